The Morgan fingerprint density at radius 1 is 1.22 bits per heavy atom. The van der Waals surface area contributed by atoms with E-state index in [1.165, 1.54) is 11.8 Å². The first-order valence-corrected chi connectivity index (χ1v) is 11.9. The van der Waals surface area contributed by atoms with Crippen LogP contribution in [-0.2, 0) is 11.3 Å². The van der Waals surface area contributed by atoms with Crippen molar-refractivity contribution >= 4 is 50.3 Å². The molecule has 0 bridgehead atoms. The third-order valence-corrected chi connectivity index (χ3v) is 7.13. The molecule has 7 nitrogen and oxygen atoms in total. The number of para-hydroxylation sites is 1. The van der Waals surface area contributed by atoms with Gasteiger partial charge >= 0.3 is 0 Å². The molecule has 9 heteroatoms. The lowest BCUT2D eigenvalue weighted by Crippen LogP contribution is -2.15. The Hall–Kier alpha value is -2.78. The molecule has 0 aliphatic carbocycles. The smallest absolute Gasteiger partial charge is 0.234 e. The van der Waals surface area contributed by atoms with Crippen molar-refractivity contribution in [2.45, 2.75) is 32.5 Å². The zero-order valence-corrected chi connectivity index (χ0v) is 20.6. The molecule has 0 saturated heterocycles. The second-order valence-corrected chi connectivity index (χ2v) is 9.02. The topological polar surface area (TPSA) is 82.2 Å². The van der Waals surface area contributed by atoms with Gasteiger partial charge in [-0.3, -0.25) is 9.36 Å². The van der Waals surface area contributed by atoms with Crippen LogP contribution >= 0.6 is 27.7 Å². The molecular formula is C23H23BrN4O3S. The number of anilines is 1. The van der Waals surface area contributed by atoms with Crippen molar-refractivity contribution in [3.05, 3.63) is 52.0 Å². The molecule has 4 rings (SSSR count). The molecule has 166 valence electrons. The predicted molar refractivity (Wildman–Crippen MR) is 130 cm³/mol. The fourth-order valence-electron chi connectivity index (χ4n) is 3.41. The van der Waals surface area contributed by atoms with Gasteiger partial charge in [0.05, 0.1) is 12.9 Å². The third-order valence-electron chi connectivity index (χ3n) is 5.31. The Morgan fingerprint density at radius 3 is 2.78 bits per heavy atom. The number of methoxy groups -OCH3 is 1. The fraction of sp³-hybridized carbons (Fsp3) is 0.261. The van der Waals surface area contributed by atoms with Crippen LogP contribution in [0.15, 0.2) is 50.4 Å². The van der Waals surface area contributed by atoms with Gasteiger partial charge in [-0.05, 0) is 56.2 Å². The Balaban J connectivity index is 1.51. The Morgan fingerprint density at radius 2 is 2.03 bits per heavy atom. The number of ether oxygens (including phenoxy) is 1. The molecule has 2 aromatic heterocycles. The number of benzene rings is 2. The van der Waals surface area contributed by atoms with Gasteiger partial charge < -0.3 is 14.5 Å². The number of hydrogen-bond donors (Lipinski definition) is 1. The van der Waals surface area contributed by atoms with Crippen LogP contribution in [0.2, 0.25) is 0 Å². The van der Waals surface area contributed by atoms with Gasteiger partial charge in [-0.15, -0.1) is 10.2 Å². The van der Waals surface area contributed by atoms with E-state index in [2.05, 4.69) is 31.4 Å². The number of carbonyl (C=O) groups is 1. The molecule has 0 radical (unpaired) electrons. The van der Waals surface area contributed by atoms with Gasteiger partial charge in [0.25, 0.3) is 0 Å². The van der Waals surface area contributed by atoms with Crippen molar-refractivity contribution in [1.29, 1.82) is 0 Å². The summed E-state index contributed by atoms with van der Waals surface area (Å²) in [5, 5.41) is 13.2. The van der Waals surface area contributed by atoms with E-state index in [-0.39, 0.29) is 11.7 Å². The highest BCUT2D eigenvalue weighted by Gasteiger charge is 2.19. The average molecular weight is 515 g/mol. The molecule has 2 aromatic carbocycles. The molecule has 0 atom stereocenters. The molecule has 32 heavy (non-hydrogen) atoms. The first-order valence-electron chi connectivity index (χ1n) is 10.1. The average Bonchev–Trinajstić information content (AvgIpc) is 3.41. The number of nitrogens with one attached hydrogen (secondary N) is 1. The van der Waals surface area contributed by atoms with Crippen molar-refractivity contribution in [3.63, 3.8) is 0 Å². The van der Waals surface area contributed by atoms with Crippen LogP contribution in [0.25, 0.3) is 22.6 Å². The summed E-state index contributed by atoms with van der Waals surface area (Å²) in [5.41, 5.74) is 3.62. The molecule has 0 aliphatic rings. The van der Waals surface area contributed by atoms with Crippen molar-refractivity contribution in [2.24, 2.45) is 0 Å². The van der Waals surface area contributed by atoms with Crippen LogP contribution in [0.1, 0.15) is 18.1 Å². The normalized spacial score (nSPS) is 11.2. The molecule has 0 spiro atoms. The Labute approximate surface area is 198 Å². The number of halogens is 1. The zero-order chi connectivity index (χ0) is 22.8. The third kappa shape index (κ3) is 4.27. The summed E-state index contributed by atoms with van der Waals surface area (Å²) in [4.78, 5) is 12.6. The van der Waals surface area contributed by atoms with Gasteiger partial charge in [-0.1, -0.05) is 39.8 Å². The van der Waals surface area contributed by atoms with Gasteiger partial charge in [0, 0.05) is 22.1 Å². The standard InChI is InChI=1S/C23H23BrN4O3S/c1-5-28-22(19-11-15-7-6-8-18(30-4)21(15)31-19)26-27-23(28)32-12-20(29)25-17-10-9-16(24)13(2)14(17)3/h6-11H,5,12H2,1-4H3,(H,25,29). The number of hydrogen-bond acceptors (Lipinski definition) is 6. The lowest BCUT2D eigenvalue weighted by Gasteiger charge is -2.12. The predicted octanol–water partition coefficient (Wildman–Crippen LogP) is 5.83. The summed E-state index contributed by atoms with van der Waals surface area (Å²) in [6.45, 7) is 6.66. The van der Waals surface area contributed by atoms with E-state index in [9.17, 15) is 4.79 Å². The molecule has 0 unspecified atom stereocenters. The Bertz CT molecular complexity index is 1300. The van der Waals surface area contributed by atoms with Crippen LogP contribution in [0, 0.1) is 13.8 Å². The van der Waals surface area contributed by atoms with Crippen LogP contribution in [0.4, 0.5) is 5.69 Å². The van der Waals surface area contributed by atoms with E-state index in [4.69, 9.17) is 9.15 Å². The minimum absolute atomic E-state index is 0.0968. The lowest BCUT2D eigenvalue weighted by molar-refractivity contribution is -0.113. The van der Waals surface area contributed by atoms with E-state index in [0.29, 0.717) is 34.6 Å². The maximum atomic E-state index is 12.6. The number of amides is 1. The van der Waals surface area contributed by atoms with Crippen LogP contribution in [0.5, 0.6) is 5.75 Å². The highest BCUT2D eigenvalue weighted by atomic mass is 79.9. The number of rotatable bonds is 7. The van der Waals surface area contributed by atoms with Crippen LogP contribution in [-0.4, -0.2) is 33.5 Å². The lowest BCUT2D eigenvalue weighted by atomic mass is 10.1. The van der Waals surface area contributed by atoms with Crippen LogP contribution in [0.3, 0.4) is 0 Å². The van der Waals surface area contributed by atoms with Crippen molar-refractivity contribution < 1.29 is 13.9 Å². The van der Waals surface area contributed by atoms with E-state index < -0.39 is 0 Å². The van der Waals surface area contributed by atoms with E-state index >= 15 is 0 Å². The van der Waals surface area contributed by atoms with Gasteiger partial charge in [0.1, 0.15) is 0 Å². The first kappa shape index (κ1) is 22.4. The molecular weight excluding hydrogens is 492 g/mol. The maximum Gasteiger partial charge on any atom is 0.234 e. The second kappa shape index (κ2) is 9.38. The maximum absolute atomic E-state index is 12.6. The van der Waals surface area contributed by atoms with Gasteiger partial charge in [-0.25, -0.2) is 0 Å². The van der Waals surface area contributed by atoms with Gasteiger partial charge in [0.2, 0.25) is 11.7 Å². The molecule has 4 aromatic rings. The Kier molecular flexibility index (Phi) is 6.57. The van der Waals surface area contributed by atoms with Gasteiger partial charge in [-0.2, -0.15) is 0 Å². The summed E-state index contributed by atoms with van der Waals surface area (Å²) >= 11 is 4.86. The number of fused-ring (bicyclic) bond motifs is 1. The second-order valence-electron chi connectivity index (χ2n) is 7.22. The summed E-state index contributed by atoms with van der Waals surface area (Å²) in [6.07, 6.45) is 0. The van der Waals surface area contributed by atoms with Crippen molar-refractivity contribution in [1.82, 2.24) is 14.8 Å². The van der Waals surface area contributed by atoms with Crippen LogP contribution < -0.4 is 10.1 Å². The number of aromatic nitrogens is 3. The molecule has 0 saturated carbocycles. The van der Waals surface area contributed by atoms with E-state index in [1.54, 1.807) is 7.11 Å². The minimum atomic E-state index is -0.0968. The number of carbonyl (C=O) groups excluding carboxylic acids is 1. The number of nitrogens with zero attached hydrogens (tertiary/aromatic N) is 3. The number of furan rings is 1. The highest BCUT2D eigenvalue weighted by molar-refractivity contribution is 9.10. The number of thioether (sulfide) groups is 1. The largest absolute Gasteiger partial charge is 0.493 e. The zero-order valence-electron chi connectivity index (χ0n) is 18.2. The molecule has 2 heterocycles. The van der Waals surface area contributed by atoms with Crippen molar-refractivity contribution in [2.75, 3.05) is 18.2 Å². The molecule has 0 fully saturated rings. The summed E-state index contributed by atoms with van der Waals surface area (Å²) < 4.78 is 14.4. The van der Waals surface area contributed by atoms with E-state index in [1.807, 2.05) is 61.7 Å². The monoisotopic (exact) mass is 514 g/mol. The SMILES string of the molecule is CCn1c(SCC(=O)Nc2ccc(Br)c(C)c2C)nnc1-c1cc2cccc(OC)c2o1. The summed E-state index contributed by atoms with van der Waals surface area (Å²) in [7, 11) is 1.61. The van der Waals surface area contributed by atoms with E-state index in [0.717, 1.165) is 26.7 Å². The minimum Gasteiger partial charge on any atom is -0.493 e. The highest BCUT2D eigenvalue weighted by Crippen LogP contribution is 2.34. The van der Waals surface area contributed by atoms with Crippen molar-refractivity contribution in [3.8, 4) is 17.3 Å². The molecule has 0 aliphatic heterocycles. The first-order chi connectivity index (χ1) is 15.4. The van der Waals surface area contributed by atoms with Gasteiger partial charge in [0.15, 0.2) is 22.2 Å². The molecule has 1 N–H and O–H groups in total. The molecule has 1 amide bonds. The fourth-order valence-corrected chi connectivity index (χ4v) is 4.64. The quantitative estimate of drug-likeness (QED) is 0.312. The summed E-state index contributed by atoms with van der Waals surface area (Å²) in [6, 6.07) is 11.5. The summed E-state index contributed by atoms with van der Waals surface area (Å²) in [5.74, 6) is 2.02.